The van der Waals surface area contributed by atoms with Crippen LogP contribution in [0.1, 0.15) is 57.2 Å². The zero-order valence-corrected chi connectivity index (χ0v) is 18.2. The van der Waals surface area contributed by atoms with E-state index in [0.717, 1.165) is 36.1 Å². The van der Waals surface area contributed by atoms with Gasteiger partial charge in [0.1, 0.15) is 0 Å². The number of nitrogens with zero attached hydrogens (tertiary/aromatic N) is 1. The first-order valence-corrected chi connectivity index (χ1v) is 10.8. The Labute approximate surface area is 183 Å². The number of aromatic nitrogens is 1. The molecule has 0 unspecified atom stereocenters. The van der Waals surface area contributed by atoms with Crippen LogP contribution >= 0.6 is 0 Å². The van der Waals surface area contributed by atoms with E-state index in [-0.39, 0.29) is 11.6 Å². The maximum atomic E-state index is 13.5. The molecule has 1 aliphatic rings. The molecule has 0 saturated heterocycles. The summed E-state index contributed by atoms with van der Waals surface area (Å²) in [6.45, 7) is 6.14. The van der Waals surface area contributed by atoms with Crippen molar-refractivity contribution in [2.24, 2.45) is 0 Å². The Kier molecular flexibility index (Phi) is 5.81. The van der Waals surface area contributed by atoms with Crippen LogP contribution in [-0.2, 0) is 6.42 Å². The summed E-state index contributed by atoms with van der Waals surface area (Å²) in [7, 11) is 0. The number of benzene rings is 2. The van der Waals surface area contributed by atoms with Crippen LogP contribution < -0.4 is 9.88 Å². The number of rotatable bonds is 6. The lowest BCUT2D eigenvalue weighted by atomic mass is 9.90. The molecule has 1 aliphatic carbocycles. The van der Waals surface area contributed by atoms with Crippen molar-refractivity contribution in [2.45, 2.75) is 40.0 Å². The number of carbonyl (C=O) groups excluding carboxylic acids is 2. The molecule has 0 radical (unpaired) electrons. The second kappa shape index (κ2) is 8.68. The van der Waals surface area contributed by atoms with Crippen LogP contribution in [0.25, 0.3) is 5.70 Å². The van der Waals surface area contributed by atoms with Crippen molar-refractivity contribution >= 4 is 23.0 Å². The van der Waals surface area contributed by atoms with Gasteiger partial charge in [-0.15, -0.1) is 0 Å². The van der Waals surface area contributed by atoms with Gasteiger partial charge in [0.15, 0.2) is 18.1 Å². The largest absolute Gasteiger partial charge is 0.347 e. The van der Waals surface area contributed by atoms with Gasteiger partial charge >= 0.3 is 0 Å². The highest BCUT2D eigenvalue weighted by atomic mass is 16.1. The molecule has 0 aliphatic heterocycles. The summed E-state index contributed by atoms with van der Waals surface area (Å²) in [5.41, 5.74) is 5.63. The number of hydrogen-bond donors (Lipinski definition) is 1. The van der Waals surface area contributed by atoms with Gasteiger partial charge in [0.2, 0.25) is 5.78 Å². The van der Waals surface area contributed by atoms with Crippen LogP contribution in [0.5, 0.6) is 0 Å². The van der Waals surface area contributed by atoms with Gasteiger partial charge in [-0.3, -0.25) is 9.59 Å². The molecule has 4 nitrogen and oxygen atoms in total. The highest BCUT2D eigenvalue weighted by molar-refractivity contribution is 6.36. The predicted octanol–water partition coefficient (Wildman–Crippen LogP) is 5.29. The number of Topliss-reactive ketones (excluding diaryl/α,β-unsaturated/α-hetero) is 2. The molecule has 0 fully saturated rings. The van der Waals surface area contributed by atoms with Crippen LogP contribution in [0, 0.1) is 13.8 Å². The third kappa shape index (κ3) is 4.19. The summed E-state index contributed by atoms with van der Waals surface area (Å²) in [6, 6.07) is 17.2. The molecule has 4 rings (SSSR count). The molecule has 0 spiro atoms. The van der Waals surface area contributed by atoms with E-state index in [1.165, 1.54) is 5.56 Å². The number of ketones is 2. The van der Waals surface area contributed by atoms with Gasteiger partial charge in [0.25, 0.3) is 11.5 Å². The standard InChI is InChI=1S/C27H26N2O2/c1-4-5-8-20-11-13-21(14-12-20)28-24-25(29-16-18(2)15-19(3)17-29)27(31)23-10-7-6-9-22(23)26(24)30/h6-7,9-17H,4-5,8H2,1-3H3/p+1. The Bertz CT molecular complexity index is 1170. The van der Waals surface area contributed by atoms with Crippen molar-refractivity contribution in [2.75, 3.05) is 5.32 Å². The van der Waals surface area contributed by atoms with Gasteiger partial charge in [0, 0.05) is 27.9 Å². The zero-order valence-electron chi connectivity index (χ0n) is 18.2. The van der Waals surface area contributed by atoms with Gasteiger partial charge in [-0.25, -0.2) is 0 Å². The van der Waals surface area contributed by atoms with Crippen LogP contribution in [0.3, 0.4) is 0 Å². The summed E-state index contributed by atoms with van der Waals surface area (Å²) in [6.07, 6.45) is 7.11. The Morgan fingerprint density at radius 3 is 2.06 bits per heavy atom. The van der Waals surface area contributed by atoms with Crippen molar-refractivity contribution in [3.05, 3.63) is 101 Å². The van der Waals surface area contributed by atoms with Crippen molar-refractivity contribution in [3.8, 4) is 0 Å². The summed E-state index contributed by atoms with van der Waals surface area (Å²) in [4.78, 5) is 26.9. The van der Waals surface area contributed by atoms with Gasteiger partial charge in [-0.1, -0.05) is 49.7 Å². The lowest BCUT2D eigenvalue weighted by Crippen LogP contribution is -2.42. The fraction of sp³-hybridized carbons (Fsp3) is 0.222. The third-order valence-corrected chi connectivity index (χ3v) is 5.54. The van der Waals surface area contributed by atoms with Crippen molar-refractivity contribution in [3.63, 3.8) is 0 Å². The van der Waals surface area contributed by atoms with Crippen LogP contribution in [0.2, 0.25) is 0 Å². The first-order chi connectivity index (χ1) is 15.0. The number of unbranched alkanes of at least 4 members (excludes halogenated alkanes) is 1. The molecule has 0 saturated carbocycles. The fourth-order valence-electron chi connectivity index (χ4n) is 4.04. The topological polar surface area (TPSA) is 50.1 Å². The molecule has 31 heavy (non-hydrogen) atoms. The Morgan fingerprint density at radius 1 is 0.839 bits per heavy atom. The van der Waals surface area contributed by atoms with Crippen LogP contribution in [-0.4, -0.2) is 11.6 Å². The molecule has 1 N–H and O–H groups in total. The predicted molar refractivity (Wildman–Crippen MR) is 123 cm³/mol. The number of aryl methyl sites for hydroxylation is 3. The minimum atomic E-state index is -0.174. The number of nitrogens with one attached hydrogen (secondary N) is 1. The molecule has 1 heterocycles. The number of anilines is 1. The molecule has 0 bridgehead atoms. The molecule has 4 heteroatoms. The highest BCUT2D eigenvalue weighted by Crippen LogP contribution is 2.28. The average Bonchev–Trinajstić information content (AvgIpc) is 2.76. The van der Waals surface area contributed by atoms with E-state index in [2.05, 4.69) is 24.4 Å². The second-order valence-corrected chi connectivity index (χ2v) is 8.15. The van der Waals surface area contributed by atoms with Crippen molar-refractivity contribution in [1.29, 1.82) is 0 Å². The minimum Gasteiger partial charge on any atom is -0.347 e. The number of pyridine rings is 1. The number of hydrogen-bond acceptors (Lipinski definition) is 3. The lowest BCUT2D eigenvalue weighted by molar-refractivity contribution is -0.578. The average molecular weight is 412 g/mol. The van der Waals surface area contributed by atoms with E-state index in [1.54, 1.807) is 28.8 Å². The molecular weight excluding hydrogens is 384 g/mol. The van der Waals surface area contributed by atoms with Crippen molar-refractivity contribution in [1.82, 2.24) is 0 Å². The summed E-state index contributed by atoms with van der Waals surface area (Å²) >= 11 is 0. The maximum Gasteiger partial charge on any atom is 0.286 e. The number of fused-ring (bicyclic) bond motifs is 1. The summed E-state index contributed by atoms with van der Waals surface area (Å²) in [5, 5.41) is 3.26. The molecule has 2 aromatic carbocycles. The van der Waals surface area contributed by atoms with E-state index in [9.17, 15) is 9.59 Å². The summed E-state index contributed by atoms with van der Waals surface area (Å²) in [5.74, 6) is -0.334. The monoisotopic (exact) mass is 411 g/mol. The van der Waals surface area contributed by atoms with E-state index < -0.39 is 0 Å². The zero-order chi connectivity index (χ0) is 22.0. The van der Waals surface area contributed by atoms with Crippen LogP contribution in [0.15, 0.2) is 72.7 Å². The smallest absolute Gasteiger partial charge is 0.286 e. The minimum absolute atomic E-state index is 0.160. The molecule has 1 aromatic heterocycles. The maximum absolute atomic E-state index is 13.5. The first kappa shape index (κ1) is 20.7. The first-order valence-electron chi connectivity index (χ1n) is 10.8. The SMILES string of the molecule is CCCCc1ccc(NC2=C([n+]3cc(C)cc(C)c3)C(=O)c3ccccc3C2=O)cc1. The second-order valence-electron chi connectivity index (χ2n) is 8.15. The van der Waals surface area contributed by atoms with Gasteiger partial charge < -0.3 is 5.32 Å². The normalized spacial score (nSPS) is 13.4. The quantitative estimate of drug-likeness (QED) is 0.561. The Hall–Kier alpha value is -3.53. The van der Waals surface area contributed by atoms with E-state index in [1.807, 2.05) is 44.4 Å². The lowest BCUT2D eigenvalue weighted by Gasteiger charge is -2.19. The van der Waals surface area contributed by atoms with E-state index in [4.69, 9.17) is 0 Å². The van der Waals surface area contributed by atoms with Crippen LogP contribution in [0.4, 0.5) is 5.69 Å². The van der Waals surface area contributed by atoms with Gasteiger partial charge in [-0.2, -0.15) is 4.57 Å². The molecule has 0 amide bonds. The molecule has 3 aromatic rings. The summed E-state index contributed by atoms with van der Waals surface area (Å²) < 4.78 is 1.78. The van der Waals surface area contributed by atoms with Gasteiger partial charge in [0.05, 0.1) is 0 Å². The molecular formula is C27H27N2O2+. The fourth-order valence-corrected chi connectivity index (χ4v) is 4.04. The third-order valence-electron chi connectivity index (χ3n) is 5.54. The van der Waals surface area contributed by atoms with E-state index >= 15 is 0 Å². The molecule has 0 atom stereocenters. The number of allylic oxidation sites excluding steroid dienone is 2. The van der Waals surface area contributed by atoms with E-state index in [0.29, 0.717) is 22.5 Å². The highest BCUT2D eigenvalue weighted by Gasteiger charge is 2.38. The molecule has 156 valence electrons. The Balaban J connectivity index is 1.81. The Morgan fingerprint density at radius 2 is 1.45 bits per heavy atom. The van der Waals surface area contributed by atoms with Crippen molar-refractivity contribution < 1.29 is 14.2 Å². The van der Waals surface area contributed by atoms with Gasteiger partial charge in [-0.05, 0) is 50.5 Å². The number of carbonyl (C=O) groups is 2.